The van der Waals surface area contributed by atoms with Gasteiger partial charge in [0.25, 0.3) is 0 Å². The van der Waals surface area contributed by atoms with Gasteiger partial charge in [-0.25, -0.2) is 4.79 Å². The highest BCUT2D eigenvalue weighted by Gasteiger charge is 2.32. The summed E-state index contributed by atoms with van der Waals surface area (Å²) in [6.45, 7) is 3.69. The van der Waals surface area contributed by atoms with Crippen molar-refractivity contribution in [2.75, 3.05) is 26.7 Å². The Morgan fingerprint density at radius 2 is 1.55 bits per heavy atom. The number of hydrogen-bond acceptors (Lipinski definition) is 7. The Kier molecular flexibility index (Phi) is 12.1. The van der Waals surface area contributed by atoms with Gasteiger partial charge in [-0.1, -0.05) is 97.1 Å². The number of nitrogens with one attached hydrogen (secondary N) is 2. The molecule has 47 heavy (non-hydrogen) atoms. The van der Waals surface area contributed by atoms with Gasteiger partial charge in [-0.15, -0.1) is 0 Å². The number of rotatable bonds is 13. The maximum absolute atomic E-state index is 12.1. The van der Waals surface area contributed by atoms with Gasteiger partial charge in [0, 0.05) is 31.6 Å². The molecule has 0 spiro atoms. The summed E-state index contributed by atoms with van der Waals surface area (Å²) in [5, 5.41) is 14.8. The summed E-state index contributed by atoms with van der Waals surface area (Å²) < 4.78 is 18.0. The molecule has 9 nitrogen and oxygen atoms in total. The lowest BCUT2D eigenvalue weighted by molar-refractivity contribution is -0.252. The minimum absolute atomic E-state index is 0.00265. The second-order valence-electron chi connectivity index (χ2n) is 11.7. The van der Waals surface area contributed by atoms with Gasteiger partial charge < -0.3 is 30.0 Å². The first-order chi connectivity index (χ1) is 22.9. The molecule has 5 rings (SSSR count). The molecule has 3 atom stereocenters. The van der Waals surface area contributed by atoms with Crippen LogP contribution in [-0.4, -0.2) is 54.9 Å². The van der Waals surface area contributed by atoms with Gasteiger partial charge in [-0.3, -0.25) is 9.69 Å². The van der Waals surface area contributed by atoms with E-state index in [1.54, 1.807) is 6.92 Å². The first-order valence-corrected chi connectivity index (χ1v) is 16.0. The van der Waals surface area contributed by atoms with Crippen LogP contribution < -0.4 is 10.6 Å². The summed E-state index contributed by atoms with van der Waals surface area (Å²) >= 11 is 0. The lowest BCUT2D eigenvalue weighted by Crippen LogP contribution is -2.38. The molecule has 1 aliphatic rings. The van der Waals surface area contributed by atoms with E-state index in [-0.39, 0.29) is 32.0 Å². The first-order valence-electron chi connectivity index (χ1n) is 16.0. The number of esters is 1. The van der Waals surface area contributed by atoms with E-state index in [0.29, 0.717) is 13.0 Å². The van der Waals surface area contributed by atoms with E-state index < -0.39 is 18.3 Å². The van der Waals surface area contributed by atoms with Crippen LogP contribution in [0.15, 0.2) is 103 Å². The smallest absolute Gasteiger partial charge is 0.325 e. The molecule has 0 saturated carbocycles. The maximum Gasteiger partial charge on any atom is 0.325 e. The van der Waals surface area contributed by atoms with Crippen LogP contribution in [0, 0.1) is 0 Å². The minimum atomic E-state index is -0.543. The average Bonchev–Trinajstić information content (AvgIpc) is 3.10. The van der Waals surface area contributed by atoms with E-state index in [4.69, 9.17) is 14.2 Å². The number of nitrogens with zero attached hydrogens (tertiary/aromatic N) is 1. The second-order valence-corrected chi connectivity index (χ2v) is 11.7. The van der Waals surface area contributed by atoms with Crippen molar-refractivity contribution in [3.63, 3.8) is 0 Å². The summed E-state index contributed by atoms with van der Waals surface area (Å²) in [4.78, 5) is 25.9. The van der Waals surface area contributed by atoms with E-state index in [1.807, 2.05) is 66.7 Å². The standard InChI is InChI=1S/C38H43N3O6/c1-3-45-36(43)23-40-38(44)39-22-29-10-7-11-33(20-29)30-16-18-32(19-17-30)37-46-34(25-41(2)24-27-8-5-4-6-9-27)21-35(47-37)31-14-12-28(26-42)13-15-31/h4-20,34-35,37,42H,3,21-26H2,1-2H3,(H2,39,40,44)/t34-,35+,37+/m0/s1. The quantitative estimate of drug-likeness (QED) is 0.157. The number of carbonyl (C=O) groups excluding carboxylic acids is 2. The SMILES string of the molecule is CCOC(=O)CNC(=O)NCc1cccc(-c2ccc([C@@H]3O[C@H](CN(C)Cc4ccccc4)C[C@H](c4ccc(CO)cc4)O3)cc2)c1. The first kappa shape index (κ1) is 33.8. The molecular formula is C38H43N3O6. The van der Waals surface area contributed by atoms with Crippen LogP contribution in [0.2, 0.25) is 0 Å². The molecule has 4 aromatic rings. The zero-order chi connectivity index (χ0) is 33.0. The predicted octanol–water partition coefficient (Wildman–Crippen LogP) is 5.89. The highest BCUT2D eigenvalue weighted by Crippen LogP contribution is 2.38. The third kappa shape index (κ3) is 9.97. The lowest BCUT2D eigenvalue weighted by Gasteiger charge is -2.38. The van der Waals surface area contributed by atoms with Crippen molar-refractivity contribution in [2.45, 2.75) is 51.5 Å². The normalized spacial score (nSPS) is 17.7. The number of aliphatic hydroxyl groups is 1. The molecule has 0 radical (unpaired) electrons. The number of hydrogen-bond donors (Lipinski definition) is 3. The molecule has 1 saturated heterocycles. The van der Waals surface area contributed by atoms with Crippen LogP contribution in [0.5, 0.6) is 0 Å². The van der Waals surface area contributed by atoms with Gasteiger partial charge in [-0.05, 0) is 53.4 Å². The zero-order valence-corrected chi connectivity index (χ0v) is 26.9. The number of ether oxygens (including phenoxy) is 3. The van der Waals surface area contributed by atoms with Crippen molar-refractivity contribution < 1.29 is 28.9 Å². The summed E-state index contributed by atoms with van der Waals surface area (Å²) in [5.41, 5.74) is 7.06. The minimum Gasteiger partial charge on any atom is -0.465 e. The van der Waals surface area contributed by atoms with E-state index >= 15 is 0 Å². The van der Waals surface area contributed by atoms with Gasteiger partial charge in [0.05, 0.1) is 25.4 Å². The summed E-state index contributed by atoms with van der Waals surface area (Å²) in [6, 6.07) is 34.0. The fourth-order valence-corrected chi connectivity index (χ4v) is 5.64. The molecule has 1 aliphatic heterocycles. The summed E-state index contributed by atoms with van der Waals surface area (Å²) in [7, 11) is 2.11. The van der Waals surface area contributed by atoms with Crippen LogP contribution in [0.3, 0.4) is 0 Å². The van der Waals surface area contributed by atoms with Gasteiger partial charge in [0.2, 0.25) is 0 Å². The predicted molar refractivity (Wildman–Crippen MR) is 180 cm³/mol. The van der Waals surface area contributed by atoms with Crippen molar-refractivity contribution >= 4 is 12.0 Å². The third-order valence-electron chi connectivity index (χ3n) is 8.02. The average molecular weight is 638 g/mol. The Morgan fingerprint density at radius 1 is 0.830 bits per heavy atom. The van der Waals surface area contributed by atoms with Crippen molar-refractivity contribution in [2.24, 2.45) is 0 Å². The van der Waals surface area contributed by atoms with Crippen molar-refractivity contribution in [3.8, 4) is 11.1 Å². The molecule has 0 aromatic heterocycles. The topological polar surface area (TPSA) is 109 Å². The largest absolute Gasteiger partial charge is 0.465 e. The van der Waals surface area contributed by atoms with Gasteiger partial charge in [0.1, 0.15) is 6.54 Å². The Morgan fingerprint density at radius 3 is 2.28 bits per heavy atom. The van der Waals surface area contributed by atoms with Crippen molar-refractivity contribution in [1.82, 2.24) is 15.5 Å². The number of urea groups is 1. The summed E-state index contributed by atoms with van der Waals surface area (Å²) in [5.74, 6) is -0.477. The van der Waals surface area contributed by atoms with Crippen LogP contribution >= 0.6 is 0 Å². The number of likely N-dealkylation sites (N-methyl/N-ethyl adjacent to an activating group) is 1. The Bertz CT molecular complexity index is 1580. The van der Waals surface area contributed by atoms with E-state index in [1.165, 1.54) is 5.56 Å². The van der Waals surface area contributed by atoms with Gasteiger partial charge in [0.15, 0.2) is 6.29 Å². The number of amides is 2. The molecule has 2 amide bonds. The Labute approximate surface area is 276 Å². The van der Waals surface area contributed by atoms with E-state index in [0.717, 1.165) is 46.5 Å². The molecule has 3 N–H and O–H groups in total. The van der Waals surface area contributed by atoms with Crippen LogP contribution in [-0.2, 0) is 38.7 Å². The van der Waals surface area contributed by atoms with E-state index in [2.05, 4.69) is 59.0 Å². The molecule has 0 unspecified atom stereocenters. The van der Waals surface area contributed by atoms with Crippen molar-refractivity contribution in [1.29, 1.82) is 0 Å². The molecule has 0 bridgehead atoms. The number of carbonyl (C=O) groups is 2. The molecule has 1 fully saturated rings. The van der Waals surface area contributed by atoms with Gasteiger partial charge >= 0.3 is 12.0 Å². The highest BCUT2D eigenvalue weighted by atomic mass is 16.7. The van der Waals surface area contributed by atoms with Crippen LogP contribution in [0.4, 0.5) is 4.79 Å². The third-order valence-corrected chi connectivity index (χ3v) is 8.02. The van der Waals surface area contributed by atoms with Crippen LogP contribution in [0.25, 0.3) is 11.1 Å². The molecule has 246 valence electrons. The summed E-state index contributed by atoms with van der Waals surface area (Å²) in [6.07, 6.45) is -0.0363. The number of aliphatic hydroxyl groups excluding tert-OH is 1. The Balaban J connectivity index is 1.25. The molecule has 0 aliphatic carbocycles. The van der Waals surface area contributed by atoms with E-state index in [9.17, 15) is 14.7 Å². The molecule has 1 heterocycles. The second kappa shape index (κ2) is 16.9. The molecule has 9 heteroatoms. The fourth-order valence-electron chi connectivity index (χ4n) is 5.64. The highest BCUT2D eigenvalue weighted by molar-refractivity contribution is 5.80. The van der Waals surface area contributed by atoms with Crippen LogP contribution in [0.1, 0.15) is 53.6 Å². The maximum atomic E-state index is 12.1. The Hall–Kier alpha value is -4.54. The van der Waals surface area contributed by atoms with Crippen molar-refractivity contribution in [3.05, 3.63) is 131 Å². The number of benzene rings is 4. The fraction of sp³-hybridized carbons (Fsp3) is 0.316. The monoisotopic (exact) mass is 637 g/mol. The zero-order valence-electron chi connectivity index (χ0n) is 26.9. The molecular weight excluding hydrogens is 594 g/mol. The molecule has 4 aromatic carbocycles. The lowest BCUT2D eigenvalue weighted by atomic mass is 9.99. The van der Waals surface area contributed by atoms with Gasteiger partial charge in [-0.2, -0.15) is 0 Å².